The van der Waals surface area contributed by atoms with Crippen molar-refractivity contribution in [3.05, 3.63) is 33.9 Å². The first-order chi connectivity index (χ1) is 9.93. The highest BCUT2D eigenvalue weighted by atomic mass is 16.6. The maximum atomic E-state index is 11.6. The van der Waals surface area contributed by atoms with Crippen molar-refractivity contribution >= 4 is 17.3 Å². The molecule has 1 amide bonds. The molecular formula is C14H20N4O3. The van der Waals surface area contributed by atoms with Crippen LogP contribution in [0.15, 0.2) is 18.2 Å². The molecule has 1 saturated heterocycles. The van der Waals surface area contributed by atoms with E-state index in [0.29, 0.717) is 24.1 Å². The van der Waals surface area contributed by atoms with Crippen LogP contribution in [0.5, 0.6) is 0 Å². The third-order valence-corrected chi connectivity index (χ3v) is 4.21. The van der Waals surface area contributed by atoms with E-state index >= 15 is 0 Å². The molecule has 1 aliphatic rings. The highest BCUT2D eigenvalue weighted by Gasteiger charge is 2.27. The van der Waals surface area contributed by atoms with E-state index in [0.717, 1.165) is 19.5 Å². The summed E-state index contributed by atoms with van der Waals surface area (Å²) in [6.07, 6.45) is 0.969. The van der Waals surface area contributed by atoms with Gasteiger partial charge in [-0.25, -0.2) is 0 Å². The molecule has 4 N–H and O–H groups in total. The van der Waals surface area contributed by atoms with Crippen LogP contribution < -0.4 is 16.4 Å². The summed E-state index contributed by atoms with van der Waals surface area (Å²) in [5.41, 5.74) is 11.9. The van der Waals surface area contributed by atoms with Crippen LogP contribution in [0.3, 0.4) is 0 Å². The molecule has 1 fully saturated rings. The summed E-state index contributed by atoms with van der Waals surface area (Å²) < 4.78 is 0. The van der Waals surface area contributed by atoms with Crippen LogP contribution in [-0.2, 0) is 0 Å². The monoisotopic (exact) mass is 292 g/mol. The Morgan fingerprint density at radius 3 is 2.81 bits per heavy atom. The van der Waals surface area contributed by atoms with Crippen molar-refractivity contribution in [2.45, 2.75) is 13.3 Å². The Balaban J connectivity index is 2.35. The number of carbonyl (C=O) groups is 1. The van der Waals surface area contributed by atoms with E-state index in [2.05, 4.69) is 6.92 Å². The molecule has 1 aliphatic heterocycles. The number of hydrogen-bond donors (Lipinski definition) is 2. The highest BCUT2D eigenvalue weighted by molar-refractivity contribution is 5.99. The van der Waals surface area contributed by atoms with Crippen molar-refractivity contribution in [3.63, 3.8) is 0 Å². The lowest BCUT2D eigenvalue weighted by Gasteiger charge is -2.38. The van der Waals surface area contributed by atoms with Gasteiger partial charge in [0, 0.05) is 25.2 Å². The maximum Gasteiger partial charge on any atom is 0.270 e. The number of piperidine rings is 1. The lowest BCUT2D eigenvalue weighted by atomic mass is 9.86. The van der Waals surface area contributed by atoms with Crippen LogP contribution in [0.1, 0.15) is 23.7 Å². The SMILES string of the molecule is CC1CCN(c2ccc([N+](=O)[O-])cc2C(N)=O)CC1CN. The molecule has 1 aromatic carbocycles. The van der Waals surface area contributed by atoms with Gasteiger partial charge in [0.1, 0.15) is 0 Å². The molecule has 0 spiro atoms. The third kappa shape index (κ3) is 3.13. The summed E-state index contributed by atoms with van der Waals surface area (Å²) in [6.45, 7) is 4.27. The van der Waals surface area contributed by atoms with E-state index in [-0.39, 0.29) is 11.3 Å². The first-order valence-electron chi connectivity index (χ1n) is 6.97. The Morgan fingerprint density at radius 1 is 1.52 bits per heavy atom. The zero-order chi connectivity index (χ0) is 15.6. The van der Waals surface area contributed by atoms with Gasteiger partial charge in [0.15, 0.2) is 0 Å². The summed E-state index contributed by atoms with van der Waals surface area (Å²) in [7, 11) is 0. The largest absolute Gasteiger partial charge is 0.371 e. The number of nitrogens with zero attached hydrogens (tertiary/aromatic N) is 2. The summed E-state index contributed by atoms with van der Waals surface area (Å²) in [6, 6.07) is 4.24. The van der Waals surface area contributed by atoms with Gasteiger partial charge < -0.3 is 16.4 Å². The fraction of sp³-hybridized carbons (Fsp3) is 0.500. The number of nitro benzene ring substituents is 1. The Hall–Kier alpha value is -2.15. The van der Waals surface area contributed by atoms with Crippen LogP contribution in [0.4, 0.5) is 11.4 Å². The van der Waals surface area contributed by atoms with E-state index in [9.17, 15) is 14.9 Å². The lowest BCUT2D eigenvalue weighted by molar-refractivity contribution is -0.384. The van der Waals surface area contributed by atoms with Gasteiger partial charge in [-0.1, -0.05) is 6.92 Å². The van der Waals surface area contributed by atoms with Gasteiger partial charge in [-0.15, -0.1) is 0 Å². The molecule has 114 valence electrons. The fourth-order valence-electron chi connectivity index (χ4n) is 2.79. The van der Waals surface area contributed by atoms with E-state index in [4.69, 9.17) is 11.5 Å². The molecule has 2 rings (SSSR count). The predicted octanol–water partition coefficient (Wildman–Crippen LogP) is 1.11. The number of hydrogen-bond acceptors (Lipinski definition) is 5. The van der Waals surface area contributed by atoms with Gasteiger partial charge in [0.2, 0.25) is 0 Å². The number of rotatable bonds is 4. The van der Waals surface area contributed by atoms with E-state index in [1.807, 2.05) is 4.90 Å². The second-order valence-corrected chi connectivity index (χ2v) is 5.53. The maximum absolute atomic E-state index is 11.6. The lowest BCUT2D eigenvalue weighted by Crippen LogP contribution is -2.43. The van der Waals surface area contributed by atoms with Gasteiger partial charge in [-0.05, 0) is 30.9 Å². The summed E-state index contributed by atoms with van der Waals surface area (Å²) in [5.74, 6) is 0.215. The number of benzene rings is 1. The highest BCUT2D eigenvalue weighted by Crippen LogP contribution is 2.31. The van der Waals surface area contributed by atoms with Crippen molar-refractivity contribution in [2.24, 2.45) is 23.3 Å². The average molecular weight is 292 g/mol. The smallest absolute Gasteiger partial charge is 0.270 e. The minimum Gasteiger partial charge on any atom is -0.371 e. The standard InChI is InChI=1S/C14H20N4O3/c1-9-4-5-17(8-10(9)7-15)13-3-2-11(18(20)21)6-12(13)14(16)19/h2-3,6,9-10H,4-5,7-8,15H2,1H3,(H2,16,19). The molecule has 0 aromatic heterocycles. The predicted molar refractivity (Wildman–Crippen MR) is 80.2 cm³/mol. The molecular weight excluding hydrogens is 272 g/mol. The number of primary amides is 1. The molecule has 2 unspecified atom stereocenters. The first-order valence-corrected chi connectivity index (χ1v) is 6.97. The Bertz CT molecular complexity index is 561. The molecule has 0 aliphatic carbocycles. The van der Waals surface area contributed by atoms with Crippen molar-refractivity contribution in [2.75, 3.05) is 24.5 Å². The fourth-order valence-corrected chi connectivity index (χ4v) is 2.79. The number of amides is 1. The van der Waals surface area contributed by atoms with Crippen LogP contribution in [-0.4, -0.2) is 30.5 Å². The Morgan fingerprint density at radius 2 is 2.24 bits per heavy atom. The van der Waals surface area contributed by atoms with Crippen molar-refractivity contribution in [3.8, 4) is 0 Å². The molecule has 1 aromatic rings. The quantitative estimate of drug-likeness (QED) is 0.637. The van der Waals surface area contributed by atoms with Gasteiger partial charge >= 0.3 is 0 Å². The van der Waals surface area contributed by atoms with Gasteiger partial charge in [-0.3, -0.25) is 14.9 Å². The third-order valence-electron chi connectivity index (χ3n) is 4.21. The molecule has 2 atom stereocenters. The topological polar surface area (TPSA) is 115 Å². The zero-order valence-corrected chi connectivity index (χ0v) is 12.0. The normalized spacial score (nSPS) is 22.1. The van der Waals surface area contributed by atoms with Crippen molar-refractivity contribution < 1.29 is 9.72 Å². The van der Waals surface area contributed by atoms with Crippen molar-refractivity contribution in [1.29, 1.82) is 0 Å². The molecule has 7 heteroatoms. The van der Waals surface area contributed by atoms with Crippen LogP contribution >= 0.6 is 0 Å². The zero-order valence-electron chi connectivity index (χ0n) is 12.0. The second-order valence-electron chi connectivity index (χ2n) is 5.53. The number of nitrogens with two attached hydrogens (primary N) is 2. The number of anilines is 1. The van der Waals surface area contributed by atoms with E-state index in [1.54, 1.807) is 6.07 Å². The van der Waals surface area contributed by atoms with Crippen LogP contribution in [0, 0.1) is 22.0 Å². The van der Waals surface area contributed by atoms with Crippen LogP contribution in [0.25, 0.3) is 0 Å². The number of nitro groups is 1. The number of non-ortho nitro benzene ring substituents is 1. The average Bonchev–Trinajstić information content (AvgIpc) is 2.47. The molecule has 7 nitrogen and oxygen atoms in total. The molecule has 21 heavy (non-hydrogen) atoms. The summed E-state index contributed by atoms with van der Waals surface area (Å²) in [4.78, 5) is 23.9. The molecule has 1 heterocycles. The molecule has 0 radical (unpaired) electrons. The van der Waals surface area contributed by atoms with Gasteiger partial charge in [0.05, 0.1) is 16.2 Å². The molecule has 0 bridgehead atoms. The van der Waals surface area contributed by atoms with Gasteiger partial charge in [-0.2, -0.15) is 0 Å². The van der Waals surface area contributed by atoms with Crippen molar-refractivity contribution in [1.82, 2.24) is 0 Å². The summed E-state index contributed by atoms with van der Waals surface area (Å²) in [5, 5.41) is 10.8. The van der Waals surface area contributed by atoms with E-state index < -0.39 is 10.8 Å². The van der Waals surface area contributed by atoms with Gasteiger partial charge in [0.25, 0.3) is 11.6 Å². The Kier molecular flexibility index (Phi) is 4.42. The minimum absolute atomic E-state index is 0.131. The van der Waals surface area contributed by atoms with E-state index in [1.165, 1.54) is 12.1 Å². The number of carbonyl (C=O) groups excluding carboxylic acids is 1. The van der Waals surface area contributed by atoms with Crippen LogP contribution in [0.2, 0.25) is 0 Å². The minimum atomic E-state index is -0.656. The molecule has 0 saturated carbocycles. The summed E-state index contributed by atoms with van der Waals surface area (Å²) >= 11 is 0. The second kappa shape index (κ2) is 6.09. The first kappa shape index (κ1) is 15.2. The Labute approximate surface area is 123 Å².